The van der Waals surface area contributed by atoms with Crippen molar-refractivity contribution in [2.24, 2.45) is 0 Å². The first-order valence-electron chi connectivity index (χ1n) is 9.46. The van der Waals surface area contributed by atoms with E-state index in [2.05, 4.69) is 4.98 Å². The molecule has 3 aromatic carbocycles. The summed E-state index contributed by atoms with van der Waals surface area (Å²) < 4.78 is 11.5. The van der Waals surface area contributed by atoms with Gasteiger partial charge in [-0.1, -0.05) is 30.3 Å². The van der Waals surface area contributed by atoms with Crippen LogP contribution in [-0.2, 0) is 11.2 Å². The van der Waals surface area contributed by atoms with Gasteiger partial charge in [-0.25, -0.2) is 0 Å². The highest BCUT2D eigenvalue weighted by Gasteiger charge is 2.17. The van der Waals surface area contributed by atoms with Crippen molar-refractivity contribution in [3.63, 3.8) is 0 Å². The van der Waals surface area contributed by atoms with E-state index in [1.807, 2.05) is 79.7 Å². The summed E-state index contributed by atoms with van der Waals surface area (Å²) in [6.45, 7) is 2.50. The van der Waals surface area contributed by atoms with Crippen molar-refractivity contribution in [3.05, 3.63) is 78.4 Å². The first-order valence-corrected chi connectivity index (χ1v) is 9.46. The Morgan fingerprint density at radius 1 is 0.931 bits per heavy atom. The fourth-order valence-electron chi connectivity index (χ4n) is 3.40. The normalized spacial score (nSPS) is 10.8. The van der Waals surface area contributed by atoms with Crippen LogP contribution in [0.4, 0.5) is 0 Å². The quantitative estimate of drug-likeness (QED) is 0.430. The molecule has 4 rings (SSSR count). The minimum absolute atomic E-state index is 0.0943. The van der Waals surface area contributed by atoms with Crippen LogP contribution in [0.5, 0.6) is 17.2 Å². The van der Waals surface area contributed by atoms with Crippen molar-refractivity contribution < 1.29 is 19.4 Å². The van der Waals surface area contributed by atoms with Gasteiger partial charge < -0.3 is 19.6 Å². The van der Waals surface area contributed by atoms with Crippen LogP contribution in [-0.4, -0.2) is 22.7 Å². The van der Waals surface area contributed by atoms with Crippen LogP contribution in [0.3, 0.4) is 0 Å². The molecule has 0 spiro atoms. The lowest BCUT2D eigenvalue weighted by atomic mass is 10.0. The van der Waals surface area contributed by atoms with E-state index in [1.165, 1.54) is 0 Å². The van der Waals surface area contributed by atoms with Gasteiger partial charge in [-0.2, -0.15) is 0 Å². The molecule has 1 heterocycles. The number of nitrogens with one attached hydrogen (secondary N) is 1. The average molecular weight is 387 g/mol. The zero-order valence-electron chi connectivity index (χ0n) is 16.0. The number of carbonyl (C=O) groups is 1. The maximum Gasteiger partial charge on any atom is 0.307 e. The van der Waals surface area contributed by atoms with Gasteiger partial charge in [0.2, 0.25) is 0 Å². The topological polar surface area (TPSA) is 71.5 Å². The molecule has 0 fully saturated rings. The molecule has 0 aliphatic heterocycles. The van der Waals surface area contributed by atoms with Crippen molar-refractivity contribution in [2.75, 3.05) is 6.61 Å². The van der Waals surface area contributed by atoms with Crippen LogP contribution >= 0.6 is 0 Å². The summed E-state index contributed by atoms with van der Waals surface area (Å²) in [6.07, 6.45) is -0.0943. The first-order chi connectivity index (χ1) is 14.1. The molecule has 0 bridgehead atoms. The van der Waals surface area contributed by atoms with Crippen molar-refractivity contribution >= 4 is 16.9 Å². The fourth-order valence-corrected chi connectivity index (χ4v) is 3.40. The first kappa shape index (κ1) is 18.6. The van der Waals surface area contributed by atoms with E-state index in [4.69, 9.17) is 9.47 Å². The third-order valence-corrected chi connectivity index (χ3v) is 4.62. The summed E-state index contributed by atoms with van der Waals surface area (Å²) in [5, 5.41) is 10.3. The summed E-state index contributed by atoms with van der Waals surface area (Å²) in [4.78, 5) is 14.9. The third-order valence-electron chi connectivity index (χ3n) is 4.62. The number of rotatable bonds is 7. The molecule has 0 amide bonds. The lowest BCUT2D eigenvalue weighted by Crippen LogP contribution is -2.01. The Balaban J connectivity index is 1.80. The largest absolute Gasteiger partial charge is 0.494 e. The molecule has 2 N–H and O–H groups in total. The lowest BCUT2D eigenvalue weighted by Gasteiger charge is -2.07. The molecule has 5 nitrogen and oxygen atoms in total. The van der Waals surface area contributed by atoms with E-state index in [0.717, 1.165) is 39.2 Å². The predicted octanol–water partition coefficient (Wildman–Crippen LogP) is 5.65. The minimum atomic E-state index is -0.887. The summed E-state index contributed by atoms with van der Waals surface area (Å²) in [5.74, 6) is 1.25. The Kier molecular flexibility index (Phi) is 5.20. The molecule has 146 valence electrons. The Morgan fingerprint density at radius 3 is 2.48 bits per heavy atom. The van der Waals surface area contributed by atoms with Gasteiger partial charge in [-0.15, -0.1) is 0 Å². The monoisotopic (exact) mass is 387 g/mol. The van der Waals surface area contributed by atoms with E-state index in [1.54, 1.807) is 0 Å². The van der Waals surface area contributed by atoms with Crippen LogP contribution in [0.1, 0.15) is 12.5 Å². The molecule has 0 atom stereocenters. The van der Waals surface area contributed by atoms with Gasteiger partial charge >= 0.3 is 5.97 Å². The number of aromatic nitrogens is 1. The van der Waals surface area contributed by atoms with Gasteiger partial charge in [0.05, 0.1) is 18.7 Å². The number of aromatic amines is 1. The van der Waals surface area contributed by atoms with E-state index >= 15 is 0 Å². The number of H-pyrrole nitrogens is 1. The number of para-hydroxylation sites is 1. The number of ether oxygens (including phenoxy) is 2. The standard InChI is InChI=1S/C24H21NO4/c1-2-28-18-10-6-7-16(13-18)24-21(15-23(26)27)20-14-19(11-12-22(20)25-24)29-17-8-4-3-5-9-17/h3-14,25H,2,15H2,1H3,(H,26,27). The number of benzene rings is 3. The van der Waals surface area contributed by atoms with Crippen LogP contribution in [0.2, 0.25) is 0 Å². The Hall–Kier alpha value is -3.73. The number of aliphatic carboxylic acids is 1. The highest BCUT2D eigenvalue weighted by atomic mass is 16.5. The second kappa shape index (κ2) is 8.10. The summed E-state index contributed by atoms with van der Waals surface area (Å²) in [7, 11) is 0. The summed E-state index contributed by atoms with van der Waals surface area (Å²) >= 11 is 0. The molecule has 0 aliphatic rings. The predicted molar refractivity (Wildman–Crippen MR) is 113 cm³/mol. The SMILES string of the molecule is CCOc1cccc(-c2[nH]c3ccc(Oc4ccccc4)cc3c2CC(=O)O)c1. The van der Waals surface area contributed by atoms with Crippen LogP contribution in [0, 0.1) is 0 Å². The van der Waals surface area contributed by atoms with Crippen LogP contribution in [0.15, 0.2) is 72.8 Å². The second-order valence-corrected chi connectivity index (χ2v) is 6.63. The van der Waals surface area contributed by atoms with E-state index in [9.17, 15) is 9.90 Å². The third kappa shape index (κ3) is 4.09. The van der Waals surface area contributed by atoms with Crippen molar-refractivity contribution in [1.82, 2.24) is 4.98 Å². The van der Waals surface area contributed by atoms with Gasteiger partial charge in [-0.3, -0.25) is 4.79 Å². The fraction of sp³-hybridized carbons (Fsp3) is 0.125. The molecule has 1 aromatic heterocycles. The van der Waals surface area contributed by atoms with Crippen molar-refractivity contribution in [1.29, 1.82) is 0 Å². The molecular weight excluding hydrogens is 366 g/mol. The number of fused-ring (bicyclic) bond motifs is 1. The Morgan fingerprint density at radius 2 is 1.72 bits per heavy atom. The van der Waals surface area contributed by atoms with E-state index in [-0.39, 0.29) is 6.42 Å². The van der Waals surface area contributed by atoms with Crippen molar-refractivity contribution in [3.8, 4) is 28.5 Å². The molecule has 0 radical (unpaired) electrons. The highest BCUT2D eigenvalue weighted by Crippen LogP contribution is 2.35. The van der Waals surface area contributed by atoms with Gasteiger partial charge in [-0.05, 0) is 55.0 Å². The minimum Gasteiger partial charge on any atom is -0.494 e. The zero-order valence-corrected chi connectivity index (χ0v) is 16.0. The molecule has 0 aliphatic carbocycles. The van der Waals surface area contributed by atoms with E-state index < -0.39 is 5.97 Å². The molecule has 0 unspecified atom stereocenters. The Bertz CT molecular complexity index is 1150. The smallest absolute Gasteiger partial charge is 0.307 e. The highest BCUT2D eigenvalue weighted by molar-refractivity contribution is 5.94. The molecule has 0 saturated heterocycles. The molecule has 0 saturated carbocycles. The Labute approximate surface area is 168 Å². The summed E-state index contributed by atoms with van der Waals surface area (Å²) in [6, 6.07) is 22.8. The maximum absolute atomic E-state index is 11.6. The molecule has 5 heteroatoms. The van der Waals surface area contributed by atoms with Gasteiger partial charge in [0, 0.05) is 16.5 Å². The number of hydrogen-bond acceptors (Lipinski definition) is 3. The second-order valence-electron chi connectivity index (χ2n) is 6.63. The lowest BCUT2D eigenvalue weighted by molar-refractivity contribution is -0.136. The van der Waals surface area contributed by atoms with Crippen LogP contribution < -0.4 is 9.47 Å². The maximum atomic E-state index is 11.6. The molecular formula is C24H21NO4. The zero-order chi connectivity index (χ0) is 20.2. The molecule has 4 aromatic rings. The average Bonchev–Trinajstić information content (AvgIpc) is 3.07. The van der Waals surface area contributed by atoms with Gasteiger partial charge in [0.25, 0.3) is 0 Å². The number of hydrogen-bond donors (Lipinski definition) is 2. The van der Waals surface area contributed by atoms with Crippen LogP contribution in [0.25, 0.3) is 22.2 Å². The van der Waals surface area contributed by atoms with Gasteiger partial charge in [0.15, 0.2) is 0 Å². The molecule has 29 heavy (non-hydrogen) atoms. The van der Waals surface area contributed by atoms with Gasteiger partial charge in [0.1, 0.15) is 17.2 Å². The number of carboxylic acid groups (broad SMARTS) is 1. The summed E-state index contributed by atoms with van der Waals surface area (Å²) in [5.41, 5.74) is 3.24. The van der Waals surface area contributed by atoms with E-state index in [0.29, 0.717) is 12.4 Å². The number of carboxylic acids is 1. The van der Waals surface area contributed by atoms with Crippen molar-refractivity contribution in [2.45, 2.75) is 13.3 Å².